The van der Waals surface area contributed by atoms with Gasteiger partial charge in [0.2, 0.25) is 5.91 Å². The summed E-state index contributed by atoms with van der Waals surface area (Å²) in [5, 5.41) is 2.84. The van der Waals surface area contributed by atoms with Gasteiger partial charge >= 0.3 is 0 Å². The molecule has 0 saturated carbocycles. The third-order valence-electron chi connectivity index (χ3n) is 2.29. The average Bonchev–Trinajstić information content (AvgIpc) is 2.31. The largest absolute Gasteiger partial charge is 0.324 e. The maximum absolute atomic E-state index is 11.8. The van der Waals surface area contributed by atoms with Crippen molar-refractivity contribution in [2.45, 2.75) is 18.6 Å². The van der Waals surface area contributed by atoms with Crippen LogP contribution in [0.3, 0.4) is 0 Å². The van der Waals surface area contributed by atoms with Crippen molar-refractivity contribution in [3.05, 3.63) is 29.8 Å². The van der Waals surface area contributed by atoms with Gasteiger partial charge in [0.1, 0.15) is 0 Å². The van der Waals surface area contributed by atoms with Gasteiger partial charge in [0.25, 0.3) is 0 Å². The van der Waals surface area contributed by atoms with E-state index in [4.69, 9.17) is 6.42 Å². The van der Waals surface area contributed by atoms with Crippen molar-refractivity contribution in [2.24, 2.45) is 0 Å². The molecule has 1 aromatic carbocycles. The highest BCUT2D eigenvalue weighted by Gasteiger charge is 2.15. The fourth-order valence-corrected chi connectivity index (χ4v) is 2.00. The van der Waals surface area contributed by atoms with Crippen LogP contribution in [-0.4, -0.2) is 17.4 Å². The average molecular weight is 233 g/mol. The van der Waals surface area contributed by atoms with E-state index < -0.39 is 0 Å². The summed E-state index contributed by atoms with van der Waals surface area (Å²) in [7, 11) is 0. The van der Waals surface area contributed by atoms with E-state index in [0.29, 0.717) is 11.3 Å². The SMILES string of the molecule is C#Cc1ccccc1NC(=O)C(CC)SC. The third kappa shape index (κ3) is 3.04. The standard InChI is InChI=1S/C13H15NOS/c1-4-10-8-6-7-9-11(10)14-13(15)12(5-2)16-3/h1,6-9,12H,5H2,2-3H3,(H,14,15). The van der Waals surface area contributed by atoms with Gasteiger partial charge in [-0.05, 0) is 24.8 Å². The number of hydrogen-bond acceptors (Lipinski definition) is 2. The zero-order valence-corrected chi connectivity index (χ0v) is 10.3. The minimum absolute atomic E-state index is 0.0118. The van der Waals surface area contributed by atoms with Crippen molar-refractivity contribution >= 4 is 23.4 Å². The summed E-state index contributed by atoms with van der Waals surface area (Å²) in [5.74, 6) is 2.57. The van der Waals surface area contributed by atoms with E-state index in [1.165, 1.54) is 0 Å². The van der Waals surface area contributed by atoms with Gasteiger partial charge in [0.05, 0.1) is 10.9 Å². The summed E-state index contributed by atoms with van der Waals surface area (Å²) in [4.78, 5) is 11.8. The third-order valence-corrected chi connectivity index (χ3v) is 3.40. The monoisotopic (exact) mass is 233 g/mol. The minimum Gasteiger partial charge on any atom is -0.324 e. The molecule has 1 unspecified atom stereocenters. The van der Waals surface area contributed by atoms with Gasteiger partial charge in [-0.3, -0.25) is 4.79 Å². The van der Waals surface area contributed by atoms with Crippen LogP contribution in [0.2, 0.25) is 0 Å². The first-order valence-electron chi connectivity index (χ1n) is 5.12. The molecule has 1 amide bonds. The Morgan fingerprint density at radius 1 is 1.56 bits per heavy atom. The zero-order chi connectivity index (χ0) is 12.0. The Bertz CT molecular complexity index is 405. The maximum Gasteiger partial charge on any atom is 0.237 e. The van der Waals surface area contributed by atoms with Crippen molar-refractivity contribution in [1.29, 1.82) is 0 Å². The molecule has 2 nitrogen and oxygen atoms in total. The van der Waals surface area contributed by atoms with Gasteiger partial charge < -0.3 is 5.32 Å². The molecule has 0 aliphatic carbocycles. The maximum atomic E-state index is 11.8. The van der Waals surface area contributed by atoms with Crippen LogP contribution in [0.25, 0.3) is 0 Å². The molecule has 0 spiro atoms. The summed E-state index contributed by atoms with van der Waals surface area (Å²) >= 11 is 1.55. The van der Waals surface area contributed by atoms with Crippen molar-refractivity contribution in [2.75, 3.05) is 11.6 Å². The van der Waals surface area contributed by atoms with Crippen LogP contribution in [0.15, 0.2) is 24.3 Å². The van der Waals surface area contributed by atoms with E-state index in [-0.39, 0.29) is 11.2 Å². The molecular formula is C13H15NOS. The number of carbonyl (C=O) groups is 1. The number of nitrogens with one attached hydrogen (secondary N) is 1. The summed E-state index contributed by atoms with van der Waals surface area (Å²) in [6.07, 6.45) is 8.10. The van der Waals surface area contributed by atoms with Crippen molar-refractivity contribution in [3.63, 3.8) is 0 Å². The van der Waals surface area contributed by atoms with Crippen LogP contribution >= 0.6 is 11.8 Å². The number of benzene rings is 1. The zero-order valence-electron chi connectivity index (χ0n) is 9.49. The van der Waals surface area contributed by atoms with E-state index in [0.717, 1.165) is 6.42 Å². The van der Waals surface area contributed by atoms with E-state index in [1.807, 2.05) is 37.4 Å². The molecule has 0 aliphatic rings. The molecule has 0 aromatic heterocycles. The van der Waals surface area contributed by atoms with Gasteiger partial charge in [-0.2, -0.15) is 11.8 Å². The van der Waals surface area contributed by atoms with Crippen LogP contribution < -0.4 is 5.32 Å². The molecule has 0 heterocycles. The predicted molar refractivity (Wildman–Crippen MR) is 70.6 cm³/mol. The fraction of sp³-hybridized carbons (Fsp3) is 0.308. The normalized spacial score (nSPS) is 11.6. The van der Waals surface area contributed by atoms with E-state index in [1.54, 1.807) is 11.8 Å². The number of amides is 1. The molecule has 1 N–H and O–H groups in total. The predicted octanol–water partition coefficient (Wildman–Crippen LogP) is 2.75. The Hall–Kier alpha value is -1.40. The minimum atomic E-state index is -0.0224. The van der Waals surface area contributed by atoms with Crippen molar-refractivity contribution in [1.82, 2.24) is 0 Å². The highest BCUT2D eigenvalue weighted by Crippen LogP contribution is 2.17. The number of rotatable bonds is 4. The molecule has 0 bridgehead atoms. The van der Waals surface area contributed by atoms with E-state index in [2.05, 4.69) is 11.2 Å². The molecule has 0 radical (unpaired) electrons. The van der Waals surface area contributed by atoms with Gasteiger partial charge in [-0.25, -0.2) is 0 Å². The molecule has 3 heteroatoms. The second-order valence-corrected chi connectivity index (χ2v) is 4.35. The van der Waals surface area contributed by atoms with Crippen molar-refractivity contribution < 1.29 is 4.79 Å². The Balaban J connectivity index is 2.81. The van der Waals surface area contributed by atoms with Gasteiger partial charge in [0, 0.05) is 5.56 Å². The first-order chi connectivity index (χ1) is 7.72. The molecular weight excluding hydrogens is 218 g/mol. The lowest BCUT2D eigenvalue weighted by molar-refractivity contribution is -0.115. The second kappa shape index (κ2) is 6.24. The molecule has 0 fully saturated rings. The van der Waals surface area contributed by atoms with Crippen LogP contribution in [-0.2, 0) is 4.79 Å². The summed E-state index contributed by atoms with van der Waals surface area (Å²) in [5.41, 5.74) is 1.43. The molecule has 1 rings (SSSR count). The van der Waals surface area contributed by atoms with Crippen LogP contribution in [0.4, 0.5) is 5.69 Å². The summed E-state index contributed by atoms with van der Waals surface area (Å²) < 4.78 is 0. The highest BCUT2D eigenvalue weighted by atomic mass is 32.2. The van der Waals surface area contributed by atoms with Crippen molar-refractivity contribution in [3.8, 4) is 12.3 Å². The van der Waals surface area contributed by atoms with Crippen LogP contribution in [0.1, 0.15) is 18.9 Å². The fourth-order valence-electron chi connectivity index (χ4n) is 1.39. The Labute approximate surface area is 101 Å². The second-order valence-electron chi connectivity index (χ2n) is 3.31. The number of carbonyl (C=O) groups excluding carboxylic acids is 1. The first kappa shape index (κ1) is 12.7. The summed E-state index contributed by atoms with van der Waals surface area (Å²) in [6.45, 7) is 1.99. The van der Waals surface area contributed by atoms with Gasteiger partial charge in [-0.15, -0.1) is 6.42 Å². The topological polar surface area (TPSA) is 29.1 Å². The van der Waals surface area contributed by atoms with Crippen LogP contribution in [0.5, 0.6) is 0 Å². The van der Waals surface area contributed by atoms with Crippen LogP contribution in [0, 0.1) is 12.3 Å². The number of hydrogen-bond donors (Lipinski definition) is 1. The lowest BCUT2D eigenvalue weighted by atomic mass is 10.2. The smallest absolute Gasteiger partial charge is 0.237 e. The Kier molecular flexibility index (Phi) is 4.94. The molecule has 1 atom stereocenters. The highest BCUT2D eigenvalue weighted by molar-refractivity contribution is 7.99. The number of anilines is 1. The first-order valence-corrected chi connectivity index (χ1v) is 6.41. The summed E-state index contributed by atoms with van der Waals surface area (Å²) in [6, 6.07) is 7.35. The Morgan fingerprint density at radius 3 is 2.81 bits per heavy atom. The van der Waals surface area contributed by atoms with Gasteiger partial charge in [-0.1, -0.05) is 25.0 Å². The molecule has 1 aromatic rings. The van der Waals surface area contributed by atoms with E-state index in [9.17, 15) is 4.79 Å². The Morgan fingerprint density at radius 2 is 2.25 bits per heavy atom. The molecule has 0 saturated heterocycles. The lowest BCUT2D eigenvalue weighted by Crippen LogP contribution is -2.24. The number of para-hydroxylation sites is 1. The molecule has 84 valence electrons. The van der Waals surface area contributed by atoms with Gasteiger partial charge in [0.15, 0.2) is 0 Å². The quantitative estimate of drug-likeness (QED) is 0.810. The molecule has 0 aliphatic heterocycles. The number of terminal acetylenes is 1. The molecule has 16 heavy (non-hydrogen) atoms. The van der Waals surface area contributed by atoms with E-state index >= 15 is 0 Å². The lowest BCUT2D eigenvalue weighted by Gasteiger charge is -2.13. The number of thioether (sulfide) groups is 1.